The van der Waals surface area contributed by atoms with Crippen molar-refractivity contribution in [1.29, 1.82) is 0 Å². The fourth-order valence-corrected chi connectivity index (χ4v) is 4.69. The van der Waals surface area contributed by atoms with Gasteiger partial charge in [-0.2, -0.15) is 0 Å². The number of hydrogen-bond acceptors (Lipinski definition) is 2. The lowest BCUT2D eigenvalue weighted by Crippen LogP contribution is -2.19. The Labute approximate surface area is 243 Å². The molecule has 2 nitrogen and oxygen atoms in total. The zero-order valence-corrected chi connectivity index (χ0v) is 25.3. The first-order valence-electron chi connectivity index (χ1n) is 17.8. The smallest absolute Gasteiger partial charge is 0.306 e. The molecule has 2 heteroatoms. The second-order valence-electron chi connectivity index (χ2n) is 11.6. The van der Waals surface area contributed by atoms with E-state index in [1.54, 1.807) is 6.08 Å². The summed E-state index contributed by atoms with van der Waals surface area (Å²) in [6, 6.07) is 0. The molecule has 1 aliphatic rings. The van der Waals surface area contributed by atoms with E-state index in [1.165, 1.54) is 70.6 Å². The van der Waals surface area contributed by atoms with Gasteiger partial charge in [-0.05, 0) is 63.4 Å². The highest BCUT2D eigenvalue weighted by atomic mass is 16.5. The highest BCUT2D eigenvalue weighted by Crippen LogP contribution is 2.40. The first-order chi connectivity index (χ1) is 20.2. The molecule has 0 aromatic heterocycles. The monoisotopic (exact) mass is 529 g/mol. The molecule has 0 unspecified atom stereocenters. The number of allylic oxidation sites excluding steroid dienone is 9. The van der Waals surface area contributed by atoms with Gasteiger partial charge >= 0.3 is 5.97 Å². The minimum Gasteiger partial charge on any atom is -0.461 e. The van der Waals surface area contributed by atoms with E-state index >= 15 is 0 Å². The molecule has 1 aliphatic carbocycles. The Kier molecular flexibility index (Phi) is 14.6. The van der Waals surface area contributed by atoms with E-state index in [0.29, 0.717) is 18.4 Å². The minimum atomic E-state index is -2.48. The van der Waals surface area contributed by atoms with Crippen molar-refractivity contribution in [3.8, 4) is 0 Å². The number of esters is 1. The quantitative estimate of drug-likeness (QED) is 0.0890. The summed E-state index contributed by atoms with van der Waals surface area (Å²) in [5.41, 5.74) is 1.99. The summed E-state index contributed by atoms with van der Waals surface area (Å²) in [5.74, 6) is -0.141. The van der Waals surface area contributed by atoms with Crippen LogP contribution in [0.25, 0.3) is 0 Å². The number of carbonyl (C=O) groups excluding carboxylic acids is 1. The average molecular weight is 530 g/mol. The van der Waals surface area contributed by atoms with Gasteiger partial charge < -0.3 is 4.74 Å². The SMILES string of the molecule is [2H]C([2H])([2H])C1=C(/C=C/C(C)=C/C=C/C(C)=C/COC(=O)CCCCCCCCCCCCCCC)C(C)(C)CCC1([2H])[2H]. The topological polar surface area (TPSA) is 26.3 Å². The zero-order valence-electron chi connectivity index (χ0n) is 30.3. The molecule has 38 heavy (non-hydrogen) atoms. The minimum absolute atomic E-state index is 0.0711. The van der Waals surface area contributed by atoms with Gasteiger partial charge in [0.15, 0.2) is 0 Å². The second kappa shape index (κ2) is 21.0. The Morgan fingerprint density at radius 3 is 2.13 bits per heavy atom. The maximum absolute atomic E-state index is 12.1. The van der Waals surface area contributed by atoms with Crippen LogP contribution in [0.15, 0.2) is 58.7 Å². The van der Waals surface area contributed by atoms with Crippen LogP contribution in [0.5, 0.6) is 0 Å². The molecule has 0 bridgehead atoms. The van der Waals surface area contributed by atoms with Crippen molar-refractivity contribution in [2.45, 2.75) is 151 Å². The molecule has 0 aliphatic heterocycles. The molecule has 0 saturated heterocycles. The van der Waals surface area contributed by atoms with Crippen LogP contribution in [-0.4, -0.2) is 12.6 Å². The summed E-state index contributed by atoms with van der Waals surface area (Å²) in [6.07, 6.45) is 27.4. The fourth-order valence-electron chi connectivity index (χ4n) is 4.69. The standard InChI is InChI=1S/C36H60O2/c1-7-8-9-10-11-12-13-14-15-16-17-18-19-25-35(37)38-30-28-32(3)23-20-22-31(2)26-27-34-33(4)24-21-29-36(34,5)6/h20,22-23,26-28H,7-19,21,24-25,29-30H2,1-6H3/b23-20+,27-26+,31-22+,32-28+/i4D3,24D2. The van der Waals surface area contributed by atoms with Crippen molar-refractivity contribution in [2.24, 2.45) is 5.41 Å². The van der Waals surface area contributed by atoms with Crippen LogP contribution in [0.1, 0.15) is 157 Å². The summed E-state index contributed by atoms with van der Waals surface area (Å²) in [7, 11) is 0. The molecule has 0 heterocycles. The van der Waals surface area contributed by atoms with Gasteiger partial charge in [0.1, 0.15) is 6.61 Å². The van der Waals surface area contributed by atoms with Crippen molar-refractivity contribution in [3.63, 3.8) is 0 Å². The van der Waals surface area contributed by atoms with Crippen molar-refractivity contribution in [2.75, 3.05) is 6.61 Å². The molecule has 0 aromatic carbocycles. The molecule has 0 N–H and O–H groups in total. The Hall–Kier alpha value is -1.83. The van der Waals surface area contributed by atoms with Gasteiger partial charge in [0.05, 0.1) is 0 Å². The first kappa shape index (κ1) is 26.4. The zero-order chi connectivity index (χ0) is 32.4. The van der Waals surface area contributed by atoms with E-state index < -0.39 is 18.6 Å². The molecule has 0 saturated carbocycles. The lowest BCUT2D eigenvalue weighted by Gasteiger charge is -2.32. The molecule has 0 amide bonds. The molecule has 0 radical (unpaired) electrons. The Bertz CT molecular complexity index is 980. The molecular weight excluding hydrogens is 464 g/mol. The maximum atomic E-state index is 12.1. The lowest BCUT2D eigenvalue weighted by atomic mass is 9.72. The van der Waals surface area contributed by atoms with Crippen LogP contribution in [0, 0.1) is 5.41 Å². The van der Waals surface area contributed by atoms with Crippen LogP contribution >= 0.6 is 0 Å². The summed E-state index contributed by atoms with van der Waals surface area (Å²) in [4.78, 5) is 12.1. The summed E-state index contributed by atoms with van der Waals surface area (Å²) in [6.45, 7) is 7.89. The van der Waals surface area contributed by atoms with Crippen LogP contribution < -0.4 is 0 Å². The fraction of sp³-hybridized carbons (Fsp3) is 0.694. The summed E-state index contributed by atoms with van der Waals surface area (Å²) >= 11 is 0. The van der Waals surface area contributed by atoms with Gasteiger partial charge in [-0.25, -0.2) is 0 Å². The van der Waals surface area contributed by atoms with E-state index in [1.807, 2.05) is 58.1 Å². The van der Waals surface area contributed by atoms with Gasteiger partial charge in [-0.3, -0.25) is 4.79 Å². The first-order valence-corrected chi connectivity index (χ1v) is 15.3. The predicted octanol–water partition coefficient (Wildman–Crippen LogP) is 11.5. The molecular formula is C36H60O2. The molecule has 0 aromatic rings. The van der Waals surface area contributed by atoms with E-state index in [4.69, 9.17) is 11.6 Å². The largest absolute Gasteiger partial charge is 0.461 e. The Morgan fingerprint density at radius 1 is 0.921 bits per heavy atom. The van der Waals surface area contributed by atoms with Crippen LogP contribution in [0.3, 0.4) is 0 Å². The predicted molar refractivity (Wildman–Crippen MR) is 167 cm³/mol. The molecule has 0 fully saturated rings. The van der Waals surface area contributed by atoms with Crippen LogP contribution in [-0.2, 0) is 9.53 Å². The highest BCUT2D eigenvalue weighted by Gasteiger charge is 2.26. The molecule has 1 rings (SSSR count). The van der Waals surface area contributed by atoms with Crippen molar-refractivity contribution in [1.82, 2.24) is 0 Å². The van der Waals surface area contributed by atoms with Crippen LogP contribution in [0.2, 0.25) is 0 Å². The third-order valence-corrected chi connectivity index (χ3v) is 7.42. The highest BCUT2D eigenvalue weighted by molar-refractivity contribution is 5.69. The number of unbranched alkanes of at least 4 members (excludes halogenated alkanes) is 12. The third-order valence-electron chi connectivity index (χ3n) is 7.42. The summed E-state index contributed by atoms with van der Waals surface area (Å²) < 4.78 is 45.9. The van der Waals surface area contributed by atoms with Crippen molar-refractivity contribution < 1.29 is 16.4 Å². The third kappa shape index (κ3) is 16.9. The second-order valence-corrected chi connectivity index (χ2v) is 11.6. The Morgan fingerprint density at radius 2 is 1.53 bits per heavy atom. The van der Waals surface area contributed by atoms with Gasteiger partial charge in [0.2, 0.25) is 0 Å². The van der Waals surface area contributed by atoms with E-state index in [0.717, 1.165) is 24.0 Å². The van der Waals surface area contributed by atoms with E-state index in [9.17, 15) is 4.79 Å². The van der Waals surface area contributed by atoms with Gasteiger partial charge in [0.25, 0.3) is 0 Å². The maximum Gasteiger partial charge on any atom is 0.306 e. The molecule has 0 spiro atoms. The summed E-state index contributed by atoms with van der Waals surface area (Å²) in [5, 5.41) is 0. The molecule has 216 valence electrons. The van der Waals surface area contributed by atoms with E-state index in [2.05, 4.69) is 6.92 Å². The number of carbonyl (C=O) groups is 1. The number of hydrogen-bond donors (Lipinski definition) is 0. The van der Waals surface area contributed by atoms with Crippen molar-refractivity contribution >= 4 is 5.97 Å². The number of rotatable bonds is 20. The molecule has 0 atom stereocenters. The van der Waals surface area contributed by atoms with Crippen LogP contribution in [0.4, 0.5) is 0 Å². The lowest BCUT2D eigenvalue weighted by molar-refractivity contribution is -0.142. The van der Waals surface area contributed by atoms with Gasteiger partial charge in [-0.15, -0.1) is 0 Å². The van der Waals surface area contributed by atoms with E-state index in [-0.39, 0.29) is 24.6 Å². The van der Waals surface area contributed by atoms with Gasteiger partial charge in [0, 0.05) is 13.3 Å². The average Bonchev–Trinajstić information content (AvgIpc) is 2.91. The number of ether oxygens (including phenoxy) is 1. The van der Waals surface area contributed by atoms with Gasteiger partial charge in [-0.1, -0.05) is 145 Å². The normalized spacial score (nSPS) is 20.3. The Balaban J connectivity index is 2.37. The van der Waals surface area contributed by atoms with Crippen molar-refractivity contribution in [3.05, 3.63) is 58.7 Å².